The third-order valence-electron chi connectivity index (χ3n) is 5.64. The van der Waals surface area contributed by atoms with Gasteiger partial charge in [0.15, 0.2) is 17.3 Å². The van der Waals surface area contributed by atoms with Crippen LogP contribution in [-0.2, 0) is 0 Å². The highest BCUT2D eigenvalue weighted by Gasteiger charge is 2.46. The Labute approximate surface area is 163 Å². The Morgan fingerprint density at radius 2 is 1.79 bits per heavy atom. The largest absolute Gasteiger partial charge is 0.507 e. The van der Waals surface area contributed by atoms with Crippen molar-refractivity contribution in [2.45, 2.75) is 64.1 Å². The molecule has 0 aromatic heterocycles. The van der Waals surface area contributed by atoms with E-state index in [1.165, 1.54) is 13.0 Å². The lowest BCUT2D eigenvalue weighted by atomic mass is 9.71. The van der Waals surface area contributed by atoms with Crippen molar-refractivity contribution < 1.29 is 30.0 Å². The number of aromatic hydroxyl groups is 2. The summed E-state index contributed by atoms with van der Waals surface area (Å²) in [6.45, 7) is 4.07. The third-order valence-corrected chi connectivity index (χ3v) is 5.64. The van der Waals surface area contributed by atoms with Crippen molar-refractivity contribution in [3.05, 3.63) is 28.3 Å². The summed E-state index contributed by atoms with van der Waals surface area (Å²) >= 11 is 0. The number of aliphatic hydroxyl groups excluding tert-OH is 1. The summed E-state index contributed by atoms with van der Waals surface area (Å²) in [5.74, 6) is -1.96. The number of phenols is 2. The minimum Gasteiger partial charge on any atom is -0.507 e. The van der Waals surface area contributed by atoms with Crippen molar-refractivity contribution in [1.29, 1.82) is 0 Å². The van der Waals surface area contributed by atoms with E-state index in [0.29, 0.717) is 6.54 Å². The number of carbonyl (C=O) groups excluding carboxylic acids is 2. The number of benzene rings is 1. The molecule has 0 radical (unpaired) electrons. The Morgan fingerprint density at radius 3 is 2.46 bits per heavy atom. The Hall–Kier alpha value is -2.38. The van der Waals surface area contributed by atoms with Crippen molar-refractivity contribution in [3.8, 4) is 11.5 Å². The predicted molar refractivity (Wildman–Crippen MR) is 104 cm³/mol. The number of aliphatic hydroxyl groups is 2. The average molecular weight is 389 g/mol. The first-order chi connectivity index (χ1) is 13.2. The summed E-state index contributed by atoms with van der Waals surface area (Å²) in [5, 5.41) is 44.5. The first-order valence-electron chi connectivity index (χ1n) is 9.73. The minimum absolute atomic E-state index is 0.0857. The SMILES string of the molecule is CCCCCCNc1cc(O)c2c(c1O)C(=O)C1=C(C[C@@H](O)[C@@](C)(O)C1)C2=O. The summed E-state index contributed by atoms with van der Waals surface area (Å²) < 4.78 is 0. The van der Waals surface area contributed by atoms with E-state index in [2.05, 4.69) is 12.2 Å². The molecule has 0 spiro atoms. The van der Waals surface area contributed by atoms with Gasteiger partial charge in [0.2, 0.25) is 0 Å². The van der Waals surface area contributed by atoms with Gasteiger partial charge in [-0.3, -0.25) is 9.59 Å². The summed E-state index contributed by atoms with van der Waals surface area (Å²) in [5.41, 5.74) is -1.66. The normalized spacial score (nSPS) is 24.2. The molecule has 2 atom stereocenters. The van der Waals surface area contributed by atoms with E-state index >= 15 is 0 Å². The number of nitrogens with one attached hydrogen (secondary N) is 1. The molecule has 0 fully saturated rings. The zero-order valence-corrected chi connectivity index (χ0v) is 16.2. The van der Waals surface area contributed by atoms with Crippen LogP contribution in [0.4, 0.5) is 5.69 Å². The van der Waals surface area contributed by atoms with Crippen LogP contribution in [0.25, 0.3) is 0 Å². The molecule has 0 heterocycles. The number of fused-ring (bicyclic) bond motifs is 1. The molecule has 3 rings (SSSR count). The summed E-state index contributed by atoms with van der Waals surface area (Å²) in [7, 11) is 0. The van der Waals surface area contributed by atoms with Crippen molar-refractivity contribution in [2.75, 3.05) is 11.9 Å². The average Bonchev–Trinajstić information content (AvgIpc) is 2.63. The van der Waals surface area contributed by atoms with Crippen LogP contribution in [0.2, 0.25) is 0 Å². The molecule has 5 N–H and O–H groups in total. The molecule has 2 aliphatic rings. The highest BCUT2D eigenvalue weighted by atomic mass is 16.3. The van der Waals surface area contributed by atoms with Gasteiger partial charge in [0, 0.05) is 36.6 Å². The number of anilines is 1. The number of rotatable bonds is 6. The highest BCUT2D eigenvalue weighted by molar-refractivity contribution is 6.29. The predicted octanol–water partition coefficient (Wildman–Crippen LogP) is 2.67. The maximum absolute atomic E-state index is 13.0. The Bertz CT molecular complexity index is 855. The van der Waals surface area contributed by atoms with E-state index in [0.717, 1.165) is 25.7 Å². The first-order valence-corrected chi connectivity index (χ1v) is 9.73. The number of unbranched alkanes of at least 4 members (excludes halogenated alkanes) is 3. The molecule has 7 heteroatoms. The molecule has 0 saturated carbocycles. The topological polar surface area (TPSA) is 127 Å². The summed E-state index contributed by atoms with van der Waals surface area (Å²) in [6.07, 6.45) is 2.52. The van der Waals surface area contributed by atoms with E-state index in [1.54, 1.807) is 0 Å². The van der Waals surface area contributed by atoms with Gasteiger partial charge in [-0.05, 0) is 13.3 Å². The van der Waals surface area contributed by atoms with Crippen LogP contribution in [0.15, 0.2) is 17.2 Å². The molecule has 0 saturated heterocycles. The van der Waals surface area contributed by atoms with E-state index in [1.807, 2.05) is 0 Å². The third kappa shape index (κ3) is 3.40. The molecule has 28 heavy (non-hydrogen) atoms. The van der Waals surface area contributed by atoms with E-state index in [4.69, 9.17) is 0 Å². The van der Waals surface area contributed by atoms with Gasteiger partial charge in [0.05, 0.1) is 28.5 Å². The van der Waals surface area contributed by atoms with Crippen molar-refractivity contribution in [2.24, 2.45) is 0 Å². The Balaban J connectivity index is 1.96. The van der Waals surface area contributed by atoms with E-state index in [9.17, 15) is 30.0 Å². The second-order valence-electron chi connectivity index (χ2n) is 7.90. The number of Topliss-reactive ketones (excluding diaryl/α,β-unsaturated/α-hetero) is 2. The molecule has 7 nitrogen and oxygen atoms in total. The lowest BCUT2D eigenvalue weighted by Crippen LogP contribution is -2.46. The zero-order valence-electron chi connectivity index (χ0n) is 16.2. The quantitative estimate of drug-likeness (QED) is 0.287. The van der Waals surface area contributed by atoms with Crippen LogP contribution in [0.5, 0.6) is 11.5 Å². The number of hydrogen-bond donors (Lipinski definition) is 5. The fourth-order valence-electron chi connectivity index (χ4n) is 3.89. The van der Waals surface area contributed by atoms with Gasteiger partial charge in [-0.15, -0.1) is 0 Å². The van der Waals surface area contributed by atoms with Gasteiger partial charge in [-0.2, -0.15) is 0 Å². The van der Waals surface area contributed by atoms with Gasteiger partial charge in [0.1, 0.15) is 5.75 Å². The van der Waals surface area contributed by atoms with Crippen LogP contribution in [0.3, 0.4) is 0 Å². The van der Waals surface area contributed by atoms with Gasteiger partial charge in [0.25, 0.3) is 0 Å². The monoisotopic (exact) mass is 389 g/mol. The number of phenolic OH excluding ortho intramolecular Hbond substituents is 2. The Kier molecular flexibility index (Phi) is 5.50. The number of hydrogen-bond acceptors (Lipinski definition) is 7. The second kappa shape index (κ2) is 7.56. The fraction of sp³-hybridized carbons (Fsp3) is 0.524. The van der Waals surface area contributed by atoms with Crippen LogP contribution in [0.1, 0.15) is 73.1 Å². The van der Waals surface area contributed by atoms with Gasteiger partial charge in [-0.1, -0.05) is 26.2 Å². The highest BCUT2D eigenvalue weighted by Crippen LogP contribution is 2.46. The van der Waals surface area contributed by atoms with Crippen LogP contribution in [-0.4, -0.2) is 50.2 Å². The Morgan fingerprint density at radius 1 is 1.11 bits per heavy atom. The van der Waals surface area contributed by atoms with Crippen molar-refractivity contribution in [1.82, 2.24) is 0 Å². The molecular formula is C21H27NO6. The maximum atomic E-state index is 13.0. The maximum Gasteiger partial charge on any atom is 0.194 e. The smallest absolute Gasteiger partial charge is 0.194 e. The molecule has 1 aromatic carbocycles. The lowest BCUT2D eigenvalue weighted by Gasteiger charge is -2.37. The molecule has 0 unspecified atom stereocenters. The van der Waals surface area contributed by atoms with Crippen LogP contribution in [0, 0.1) is 0 Å². The van der Waals surface area contributed by atoms with E-state index in [-0.39, 0.29) is 52.3 Å². The first kappa shape index (κ1) is 20.4. The number of carbonyl (C=O) groups is 2. The molecule has 1 aromatic rings. The van der Waals surface area contributed by atoms with E-state index < -0.39 is 23.3 Å². The lowest BCUT2D eigenvalue weighted by molar-refractivity contribution is -0.0651. The van der Waals surface area contributed by atoms with Gasteiger partial charge in [-0.25, -0.2) is 0 Å². The fourth-order valence-corrected chi connectivity index (χ4v) is 3.89. The summed E-state index contributed by atoms with van der Waals surface area (Å²) in [6, 6.07) is 1.25. The molecule has 2 aliphatic carbocycles. The summed E-state index contributed by atoms with van der Waals surface area (Å²) in [4.78, 5) is 25.9. The molecule has 0 bridgehead atoms. The minimum atomic E-state index is -1.54. The molecule has 152 valence electrons. The van der Waals surface area contributed by atoms with Crippen molar-refractivity contribution >= 4 is 17.3 Å². The van der Waals surface area contributed by atoms with Crippen molar-refractivity contribution in [3.63, 3.8) is 0 Å². The molecular weight excluding hydrogens is 362 g/mol. The standard InChI is InChI=1S/C21H27NO6/c1-3-4-5-6-7-22-13-9-14(23)16-17(20(13)27)19(26)12-10-21(2,28)15(24)8-11(12)18(16)25/h9,15,22-24,27-28H,3-8,10H2,1-2H3/t15-,21+/m1/s1. The zero-order chi connectivity index (χ0) is 20.6. The van der Waals surface area contributed by atoms with Gasteiger partial charge >= 0.3 is 0 Å². The molecule has 0 amide bonds. The second-order valence-corrected chi connectivity index (χ2v) is 7.90. The van der Waals surface area contributed by atoms with Crippen LogP contribution < -0.4 is 5.32 Å². The molecule has 0 aliphatic heterocycles. The number of ketones is 2. The van der Waals surface area contributed by atoms with Crippen LogP contribution >= 0.6 is 0 Å². The van der Waals surface area contributed by atoms with Gasteiger partial charge < -0.3 is 25.7 Å².